The van der Waals surface area contributed by atoms with Crippen molar-refractivity contribution in [2.45, 2.75) is 64.2 Å². The number of carboxylic acids is 1. The highest BCUT2D eigenvalue weighted by molar-refractivity contribution is 5.78. The molecule has 25 heavy (non-hydrogen) atoms. The largest absolute Gasteiger partial charge is 0.481 e. The fourth-order valence-corrected chi connectivity index (χ4v) is 3.36. The first kappa shape index (κ1) is 19.2. The number of ether oxygens (including phenoxy) is 1. The third-order valence-electron chi connectivity index (χ3n) is 4.62. The number of hydrogen-bond acceptors (Lipinski definition) is 4. The normalized spacial score (nSPS) is 25.0. The average Bonchev–Trinajstić information content (AvgIpc) is 2.53. The Labute approximate surface area is 148 Å². The summed E-state index contributed by atoms with van der Waals surface area (Å²) < 4.78 is 5.33. The van der Waals surface area contributed by atoms with E-state index in [1.165, 1.54) is 0 Å². The van der Waals surface area contributed by atoms with Gasteiger partial charge in [-0.1, -0.05) is 30.3 Å². The number of hydrogen-bond donors (Lipinski definition) is 3. The molecule has 1 aromatic rings. The van der Waals surface area contributed by atoms with E-state index in [0.29, 0.717) is 31.2 Å². The topological polar surface area (TPSA) is 95.9 Å². The summed E-state index contributed by atoms with van der Waals surface area (Å²) in [6, 6.07) is 8.34. The van der Waals surface area contributed by atoms with Crippen LogP contribution in [0.15, 0.2) is 30.3 Å². The van der Waals surface area contributed by atoms with Crippen LogP contribution in [0.1, 0.15) is 58.1 Å². The van der Waals surface area contributed by atoms with E-state index in [4.69, 9.17) is 4.74 Å². The molecule has 1 aliphatic rings. The number of alkyl carbamates (subject to hydrolysis) is 1. The zero-order valence-electron chi connectivity index (χ0n) is 15.0. The smallest absolute Gasteiger partial charge is 0.408 e. The van der Waals surface area contributed by atoms with Crippen molar-refractivity contribution in [1.82, 2.24) is 5.32 Å². The van der Waals surface area contributed by atoms with Gasteiger partial charge in [0.05, 0.1) is 17.6 Å². The number of carboxylic acid groups (broad SMARTS) is 1. The number of rotatable bonds is 4. The Morgan fingerprint density at radius 2 is 1.76 bits per heavy atom. The average molecular weight is 349 g/mol. The molecule has 0 radical (unpaired) electrons. The number of aliphatic hydroxyl groups is 1. The van der Waals surface area contributed by atoms with Crippen LogP contribution in [0.3, 0.4) is 0 Å². The predicted molar refractivity (Wildman–Crippen MR) is 93.1 cm³/mol. The maximum Gasteiger partial charge on any atom is 0.408 e. The van der Waals surface area contributed by atoms with Gasteiger partial charge < -0.3 is 20.3 Å². The van der Waals surface area contributed by atoms with Crippen molar-refractivity contribution in [3.8, 4) is 0 Å². The van der Waals surface area contributed by atoms with Crippen LogP contribution in [0.5, 0.6) is 0 Å². The van der Waals surface area contributed by atoms with Crippen LogP contribution in [0, 0.1) is 5.41 Å². The highest BCUT2D eigenvalue weighted by atomic mass is 16.6. The van der Waals surface area contributed by atoms with Gasteiger partial charge in [0, 0.05) is 0 Å². The summed E-state index contributed by atoms with van der Waals surface area (Å²) in [5.74, 6) is -0.968. The highest BCUT2D eigenvalue weighted by Gasteiger charge is 2.49. The standard InChI is InChI=1S/C19H27NO5/c1-18(2,3)25-17(24)20-15(13-7-5-4-6-8-13)19(16(22)23)11-9-14(21)10-12-19/h4-8,14-15,21H,9-12H2,1-3H3,(H,20,24)(H,22,23). The molecule has 138 valence electrons. The van der Waals surface area contributed by atoms with Gasteiger partial charge in [-0.3, -0.25) is 4.79 Å². The van der Waals surface area contributed by atoms with Gasteiger partial charge in [0.25, 0.3) is 0 Å². The summed E-state index contributed by atoms with van der Waals surface area (Å²) in [7, 11) is 0. The Balaban J connectivity index is 2.36. The minimum absolute atomic E-state index is 0.291. The summed E-state index contributed by atoms with van der Waals surface area (Å²) in [4.78, 5) is 24.5. The fraction of sp³-hybridized carbons (Fsp3) is 0.579. The minimum atomic E-state index is -1.17. The molecule has 0 aromatic heterocycles. The number of nitrogens with one attached hydrogen (secondary N) is 1. The molecular weight excluding hydrogens is 322 g/mol. The van der Waals surface area contributed by atoms with Gasteiger partial charge in [-0.15, -0.1) is 0 Å². The van der Waals surface area contributed by atoms with E-state index in [9.17, 15) is 19.8 Å². The van der Waals surface area contributed by atoms with Crippen LogP contribution in [-0.4, -0.2) is 34.0 Å². The van der Waals surface area contributed by atoms with E-state index < -0.39 is 35.2 Å². The Bertz CT molecular complexity index is 600. The molecule has 1 atom stereocenters. The van der Waals surface area contributed by atoms with Crippen molar-refractivity contribution in [2.24, 2.45) is 5.41 Å². The van der Waals surface area contributed by atoms with E-state index in [1.807, 2.05) is 18.2 Å². The molecule has 0 aliphatic heterocycles. The molecule has 6 heteroatoms. The zero-order chi connectivity index (χ0) is 18.7. The van der Waals surface area contributed by atoms with E-state index in [-0.39, 0.29) is 0 Å². The van der Waals surface area contributed by atoms with Crippen molar-refractivity contribution in [2.75, 3.05) is 0 Å². The zero-order valence-corrected chi connectivity index (χ0v) is 15.0. The van der Waals surface area contributed by atoms with E-state index >= 15 is 0 Å². The molecule has 0 spiro atoms. The van der Waals surface area contributed by atoms with Crippen molar-refractivity contribution in [1.29, 1.82) is 0 Å². The van der Waals surface area contributed by atoms with Crippen molar-refractivity contribution in [3.05, 3.63) is 35.9 Å². The maximum atomic E-state index is 12.3. The number of benzene rings is 1. The molecule has 1 aromatic carbocycles. The lowest BCUT2D eigenvalue weighted by atomic mass is 9.66. The first-order chi connectivity index (χ1) is 11.6. The van der Waals surface area contributed by atoms with Gasteiger partial charge in [-0.2, -0.15) is 0 Å². The number of carbonyl (C=O) groups excluding carboxylic acids is 1. The Hall–Kier alpha value is -2.08. The van der Waals surface area contributed by atoms with Gasteiger partial charge in [0.1, 0.15) is 5.60 Å². The molecule has 1 unspecified atom stereocenters. The van der Waals surface area contributed by atoms with Gasteiger partial charge in [-0.05, 0) is 52.0 Å². The molecule has 3 N–H and O–H groups in total. The maximum absolute atomic E-state index is 12.3. The summed E-state index contributed by atoms with van der Waals surface area (Å²) in [6.07, 6.45) is 0.230. The third kappa shape index (κ3) is 4.72. The lowest BCUT2D eigenvalue weighted by Crippen LogP contribution is -2.49. The van der Waals surface area contributed by atoms with E-state index in [2.05, 4.69) is 5.32 Å². The SMILES string of the molecule is CC(C)(C)OC(=O)NC(c1ccccc1)C1(C(=O)O)CCC(O)CC1. The Morgan fingerprint density at radius 1 is 1.20 bits per heavy atom. The number of aliphatic hydroxyl groups excluding tert-OH is 1. The molecular formula is C19H27NO5. The Kier molecular flexibility index (Phi) is 5.72. The van der Waals surface area contributed by atoms with Crippen LogP contribution in [-0.2, 0) is 9.53 Å². The summed E-state index contributed by atoms with van der Waals surface area (Å²) in [6.45, 7) is 5.27. The first-order valence-electron chi connectivity index (χ1n) is 8.60. The lowest BCUT2D eigenvalue weighted by Gasteiger charge is -2.41. The van der Waals surface area contributed by atoms with Crippen molar-refractivity contribution in [3.63, 3.8) is 0 Å². The lowest BCUT2D eigenvalue weighted by molar-refractivity contribution is -0.155. The minimum Gasteiger partial charge on any atom is -0.481 e. The molecule has 2 rings (SSSR count). The summed E-state index contributed by atoms with van der Waals surface area (Å²) in [5, 5.41) is 22.6. The van der Waals surface area contributed by atoms with E-state index in [0.717, 1.165) is 0 Å². The summed E-state index contributed by atoms with van der Waals surface area (Å²) in [5.41, 5.74) is -1.13. The third-order valence-corrected chi connectivity index (χ3v) is 4.62. The van der Waals surface area contributed by atoms with E-state index in [1.54, 1.807) is 32.9 Å². The quantitative estimate of drug-likeness (QED) is 0.775. The van der Waals surface area contributed by atoms with Crippen LogP contribution in [0.2, 0.25) is 0 Å². The van der Waals surface area contributed by atoms with Gasteiger partial charge in [0.2, 0.25) is 0 Å². The first-order valence-corrected chi connectivity index (χ1v) is 8.60. The van der Waals surface area contributed by atoms with Gasteiger partial charge in [-0.25, -0.2) is 4.79 Å². The monoisotopic (exact) mass is 349 g/mol. The van der Waals surface area contributed by atoms with Gasteiger partial charge in [0.15, 0.2) is 0 Å². The molecule has 0 bridgehead atoms. The molecule has 1 aliphatic carbocycles. The molecule has 1 saturated carbocycles. The molecule has 0 heterocycles. The Morgan fingerprint density at radius 3 is 2.24 bits per heavy atom. The second-order valence-corrected chi connectivity index (χ2v) is 7.68. The van der Waals surface area contributed by atoms with Crippen LogP contribution >= 0.6 is 0 Å². The van der Waals surface area contributed by atoms with Gasteiger partial charge >= 0.3 is 12.1 Å². The number of aliphatic carboxylic acids is 1. The summed E-state index contributed by atoms with van der Waals surface area (Å²) >= 11 is 0. The van der Waals surface area contributed by atoms with Crippen LogP contribution in [0.25, 0.3) is 0 Å². The fourth-order valence-electron chi connectivity index (χ4n) is 3.36. The second kappa shape index (κ2) is 7.44. The molecule has 1 fully saturated rings. The molecule has 6 nitrogen and oxygen atoms in total. The van der Waals surface area contributed by atoms with Crippen molar-refractivity contribution < 1.29 is 24.5 Å². The van der Waals surface area contributed by atoms with Crippen molar-refractivity contribution >= 4 is 12.1 Å². The number of amides is 1. The number of carbonyl (C=O) groups is 2. The van der Waals surface area contributed by atoms with Crippen LogP contribution < -0.4 is 5.32 Å². The highest BCUT2D eigenvalue weighted by Crippen LogP contribution is 2.46. The second-order valence-electron chi connectivity index (χ2n) is 7.68. The molecule has 0 saturated heterocycles. The van der Waals surface area contributed by atoms with Crippen LogP contribution in [0.4, 0.5) is 4.79 Å². The predicted octanol–water partition coefficient (Wildman–Crippen LogP) is 3.26. The molecule has 1 amide bonds.